The van der Waals surface area contributed by atoms with Crippen molar-refractivity contribution in [2.75, 3.05) is 8.46 Å². The van der Waals surface area contributed by atoms with E-state index >= 15 is 0 Å². The first-order valence-corrected chi connectivity index (χ1v) is 25.6. The number of anilines is 2. The van der Waals surface area contributed by atoms with Gasteiger partial charge in [0.1, 0.15) is 11.6 Å². The molecule has 0 bridgehead atoms. The first-order valence-electron chi connectivity index (χ1n) is 21.8. The van der Waals surface area contributed by atoms with Gasteiger partial charge in [-0.05, 0) is 79.4 Å². The summed E-state index contributed by atoms with van der Waals surface area (Å²) >= 11 is 0. The average molecular weight is 853 g/mol. The highest BCUT2D eigenvalue weighted by molar-refractivity contribution is 7.38. The molecule has 6 heteroatoms. The van der Waals surface area contributed by atoms with Crippen molar-refractivity contribution in [3.63, 3.8) is 0 Å². The predicted octanol–water partition coefficient (Wildman–Crippen LogP) is 11.0. The molecule has 0 radical (unpaired) electrons. The summed E-state index contributed by atoms with van der Waals surface area (Å²) in [5, 5.41) is 5.03. The first kappa shape index (κ1) is 39.0. The van der Waals surface area contributed by atoms with Crippen LogP contribution >= 0.6 is 0 Å². The minimum atomic E-state index is -3.31. The van der Waals surface area contributed by atoms with E-state index in [1.54, 1.807) is 0 Å². The van der Waals surface area contributed by atoms with E-state index in [0.29, 0.717) is 0 Å². The van der Waals surface area contributed by atoms with Crippen LogP contribution in [0.2, 0.25) is 0 Å². The summed E-state index contributed by atoms with van der Waals surface area (Å²) in [4.78, 5) is 11.5. The highest BCUT2D eigenvalue weighted by atomic mass is 28.5. The Morgan fingerprint density at radius 1 is 0.234 bits per heavy atom. The van der Waals surface area contributed by atoms with Crippen LogP contribution in [0.5, 0.6) is 0 Å². The normalized spacial score (nSPS) is 13.8. The van der Waals surface area contributed by atoms with Crippen molar-refractivity contribution in [3.05, 3.63) is 267 Å². The molecule has 8 aromatic carbocycles. The van der Waals surface area contributed by atoms with Gasteiger partial charge in [0.25, 0.3) is 0 Å². The molecule has 0 aliphatic carbocycles. The van der Waals surface area contributed by atoms with E-state index in [4.69, 9.17) is 9.97 Å². The molecule has 0 N–H and O–H groups in total. The second kappa shape index (κ2) is 16.8. The molecule has 0 spiro atoms. The third kappa shape index (κ3) is 6.59. The third-order valence-corrected chi connectivity index (χ3v) is 24.4. The molecular weight excluding hydrogens is 809 g/mol. The van der Waals surface area contributed by atoms with Gasteiger partial charge in [-0.15, -0.1) is 0 Å². The van der Waals surface area contributed by atoms with Gasteiger partial charge in [-0.2, -0.15) is 0 Å². The van der Waals surface area contributed by atoms with Crippen molar-refractivity contribution in [1.29, 1.82) is 0 Å². The van der Waals surface area contributed by atoms with E-state index < -0.39 is 16.8 Å². The number of nitrogens with zero attached hydrogens (tertiary/aromatic N) is 4. The molecule has 2 aromatic heterocycles. The fraction of sp³-hybridized carbons (Fsp3) is 0. The van der Waals surface area contributed by atoms with Gasteiger partial charge in [-0.25, -0.2) is 9.97 Å². The number of aromatic nitrogens is 2. The highest BCUT2D eigenvalue weighted by Crippen LogP contribution is 2.45. The molecule has 0 unspecified atom stereocenters. The van der Waals surface area contributed by atoms with Crippen LogP contribution in [0.3, 0.4) is 0 Å². The van der Waals surface area contributed by atoms with Gasteiger partial charge in [-0.3, -0.25) is 0 Å². The summed E-state index contributed by atoms with van der Waals surface area (Å²) in [5.74, 6) is 1.90. The van der Waals surface area contributed by atoms with Gasteiger partial charge in [0, 0.05) is 11.1 Å². The Kier molecular flexibility index (Phi) is 10.2. The molecule has 0 saturated carbocycles. The fourth-order valence-corrected chi connectivity index (χ4v) is 24.7. The number of hydrogen-bond donors (Lipinski definition) is 0. The first-order chi connectivity index (χ1) is 31.7. The molecule has 1 fully saturated rings. The fourth-order valence-electron chi connectivity index (χ4n) is 9.73. The van der Waals surface area contributed by atoms with Crippen LogP contribution in [0.1, 0.15) is 0 Å². The second-order valence-electron chi connectivity index (χ2n) is 16.1. The van der Waals surface area contributed by atoms with Crippen molar-refractivity contribution < 1.29 is 0 Å². The van der Waals surface area contributed by atoms with Crippen molar-refractivity contribution in [2.45, 2.75) is 0 Å². The molecule has 0 atom stereocenters. The zero-order valence-corrected chi connectivity index (χ0v) is 37.2. The monoisotopic (exact) mass is 852 g/mol. The van der Waals surface area contributed by atoms with Gasteiger partial charge in [0.2, 0.25) is 0 Å². The minimum Gasteiger partial charge on any atom is -0.363 e. The van der Waals surface area contributed by atoms with E-state index in [1.807, 2.05) is 0 Å². The van der Waals surface area contributed by atoms with E-state index in [1.165, 1.54) is 31.9 Å². The number of pyridine rings is 2. The Morgan fingerprint density at radius 3 is 0.828 bits per heavy atom. The summed E-state index contributed by atoms with van der Waals surface area (Å²) in [6.45, 7) is 0. The third-order valence-electron chi connectivity index (χ3n) is 12.5. The molecule has 304 valence electrons. The molecule has 11 rings (SSSR count). The molecule has 4 nitrogen and oxygen atoms in total. The maximum atomic E-state index is 5.77. The van der Waals surface area contributed by atoms with Crippen LogP contribution in [0.15, 0.2) is 267 Å². The summed E-state index contributed by atoms with van der Waals surface area (Å²) in [6, 6.07) is 96.5. The van der Waals surface area contributed by atoms with E-state index in [9.17, 15) is 0 Å². The number of rotatable bonds is 10. The van der Waals surface area contributed by atoms with Gasteiger partial charge in [-0.1, -0.05) is 231 Å². The van der Waals surface area contributed by atoms with Gasteiger partial charge in [0.15, 0.2) is 0 Å². The molecule has 64 heavy (non-hydrogen) atoms. The lowest BCUT2D eigenvalue weighted by Crippen LogP contribution is -3.07. The summed E-state index contributed by atoms with van der Waals surface area (Å²) < 4.78 is 5.65. The van der Waals surface area contributed by atoms with E-state index in [2.05, 4.69) is 275 Å². The Hall–Kier alpha value is -7.91. The Balaban J connectivity index is 1.20. The zero-order chi connectivity index (χ0) is 42.8. The van der Waals surface area contributed by atoms with Gasteiger partial charge < -0.3 is 8.46 Å². The maximum Gasteiger partial charge on any atom is 0.320 e. The van der Waals surface area contributed by atoms with Gasteiger partial charge >= 0.3 is 16.8 Å². The molecular formula is C58H44N4Si2. The Bertz CT molecular complexity index is 2860. The quantitative estimate of drug-likeness (QED) is 0.128. The average Bonchev–Trinajstić information content (AvgIpc) is 3.38. The smallest absolute Gasteiger partial charge is 0.320 e. The van der Waals surface area contributed by atoms with Crippen LogP contribution in [-0.2, 0) is 0 Å². The summed E-state index contributed by atoms with van der Waals surface area (Å²) in [6.07, 6.45) is 0. The van der Waals surface area contributed by atoms with Crippen molar-refractivity contribution in [1.82, 2.24) is 9.97 Å². The topological polar surface area (TPSA) is 32.3 Å². The lowest BCUT2D eigenvalue weighted by Gasteiger charge is -2.71. The Morgan fingerprint density at radius 2 is 0.500 bits per heavy atom. The molecule has 1 aliphatic heterocycles. The van der Waals surface area contributed by atoms with Crippen LogP contribution < -0.4 is 29.2 Å². The summed E-state index contributed by atoms with van der Waals surface area (Å²) in [5.41, 5.74) is 8.70. The largest absolute Gasteiger partial charge is 0.363 e. The highest BCUT2D eigenvalue weighted by Gasteiger charge is 2.75. The standard InChI is InChI=1S/C58H44N4Si2/c1-7-23-45(24-8-1)47-27-19-29-49(43-47)55-39-21-41-57(59-55)61-63(51-31-11-3-12-32-51,52-33-13-4-14-34-52)62(64(61,53-35-15-5-16-36-53)54-37-17-6-18-38-54)58-42-22-40-56(60-58)50-30-20-28-48(44-50)46-25-9-2-10-26-46/h1-44H. The van der Waals surface area contributed by atoms with Crippen molar-refractivity contribution in [2.24, 2.45) is 0 Å². The molecule has 3 heterocycles. The van der Waals surface area contributed by atoms with Crippen LogP contribution in [0.25, 0.3) is 44.8 Å². The molecule has 0 amide bonds. The number of benzene rings is 8. The Labute approximate surface area is 377 Å². The predicted molar refractivity (Wildman–Crippen MR) is 271 cm³/mol. The van der Waals surface area contributed by atoms with E-state index in [0.717, 1.165) is 45.3 Å². The summed E-state index contributed by atoms with van der Waals surface area (Å²) in [7, 11) is -6.62. The lowest BCUT2D eigenvalue weighted by molar-refractivity contribution is 1.13. The number of hydrogen-bond acceptors (Lipinski definition) is 4. The van der Waals surface area contributed by atoms with Crippen LogP contribution in [0.4, 0.5) is 11.6 Å². The second-order valence-corrected chi connectivity index (χ2v) is 23.8. The van der Waals surface area contributed by atoms with Crippen LogP contribution in [0, 0.1) is 0 Å². The van der Waals surface area contributed by atoms with Gasteiger partial charge in [0.05, 0.1) is 11.4 Å². The molecule has 10 aromatic rings. The molecule has 1 aliphatic rings. The molecule has 1 saturated heterocycles. The lowest BCUT2D eigenvalue weighted by atomic mass is 10.0. The van der Waals surface area contributed by atoms with E-state index in [-0.39, 0.29) is 0 Å². The van der Waals surface area contributed by atoms with Crippen LogP contribution in [-0.4, -0.2) is 26.8 Å². The van der Waals surface area contributed by atoms with Crippen molar-refractivity contribution in [3.8, 4) is 44.8 Å². The minimum absolute atomic E-state index is 0.931. The van der Waals surface area contributed by atoms with Crippen molar-refractivity contribution >= 4 is 49.2 Å². The SMILES string of the molecule is c1ccc(-c2cccc(-c3cccc(N4[Si](c5ccccc5)(c5ccccc5)N(c5cccc(-c6cccc(-c7ccccc7)c6)n5)[Si]4(c4ccccc4)c4ccccc4)n3)c2)cc1. The zero-order valence-electron chi connectivity index (χ0n) is 35.2. The maximum absolute atomic E-state index is 5.77.